The van der Waals surface area contributed by atoms with Gasteiger partial charge in [0, 0.05) is 0 Å². The Morgan fingerprint density at radius 1 is 1.60 bits per heavy atom. The Bertz CT molecular complexity index is 273. The Kier molecular flexibility index (Phi) is 3.68. The first-order chi connectivity index (χ1) is 7.08. The van der Waals surface area contributed by atoms with Crippen molar-refractivity contribution in [2.45, 2.75) is 12.0 Å². The first-order valence-corrected chi connectivity index (χ1v) is 4.50. The lowest BCUT2D eigenvalue weighted by atomic mass is 9.93. The van der Waals surface area contributed by atoms with Gasteiger partial charge in [-0.15, -0.1) is 0 Å². The van der Waals surface area contributed by atoms with Crippen molar-refractivity contribution < 1.29 is 19.1 Å². The van der Waals surface area contributed by atoms with Gasteiger partial charge in [-0.3, -0.25) is 4.79 Å². The van der Waals surface area contributed by atoms with E-state index in [-0.39, 0.29) is 26.2 Å². The molecule has 0 aromatic heterocycles. The van der Waals surface area contributed by atoms with Gasteiger partial charge >= 0.3 is 6.09 Å². The molecule has 15 heavy (non-hydrogen) atoms. The fourth-order valence-electron chi connectivity index (χ4n) is 1.29. The molecule has 0 aromatic carbocycles. The van der Waals surface area contributed by atoms with Crippen molar-refractivity contribution >= 4 is 12.0 Å². The van der Waals surface area contributed by atoms with E-state index >= 15 is 0 Å². The molecule has 2 amide bonds. The molecule has 0 radical (unpaired) electrons. The normalized spacial score (nSPS) is 17.3. The Morgan fingerprint density at radius 2 is 2.27 bits per heavy atom. The van der Waals surface area contributed by atoms with Crippen LogP contribution < -0.4 is 11.1 Å². The lowest BCUT2D eigenvalue weighted by Gasteiger charge is -2.40. The lowest BCUT2D eigenvalue weighted by Crippen LogP contribution is -2.63. The Labute approximate surface area is 87.4 Å². The second-order valence-corrected chi connectivity index (χ2v) is 3.43. The Balaban J connectivity index is 2.42. The van der Waals surface area contributed by atoms with Gasteiger partial charge in [0.25, 0.3) is 0 Å². The van der Waals surface area contributed by atoms with E-state index in [1.165, 1.54) is 6.08 Å². The number of ether oxygens (including phenoxy) is 2. The molecule has 0 atom stereocenters. The fourth-order valence-corrected chi connectivity index (χ4v) is 1.29. The molecular formula is C9H14N2O4. The van der Waals surface area contributed by atoms with Gasteiger partial charge in [0.2, 0.25) is 5.91 Å². The summed E-state index contributed by atoms with van der Waals surface area (Å²) in [6.07, 6.45) is 0.910. The number of carbonyl (C=O) groups excluding carboxylic acids is 2. The summed E-state index contributed by atoms with van der Waals surface area (Å²) < 4.78 is 9.67. The molecule has 1 fully saturated rings. The molecule has 0 unspecified atom stereocenters. The largest absolute Gasteiger partial charge is 0.445 e. The predicted molar refractivity (Wildman–Crippen MR) is 52.0 cm³/mol. The molecule has 6 heteroatoms. The van der Waals surface area contributed by atoms with Gasteiger partial charge in [-0.05, 0) is 0 Å². The van der Waals surface area contributed by atoms with E-state index in [9.17, 15) is 9.59 Å². The van der Waals surface area contributed by atoms with Gasteiger partial charge in [0.05, 0.1) is 25.2 Å². The number of rotatable bonds is 5. The van der Waals surface area contributed by atoms with Crippen LogP contribution in [0.5, 0.6) is 0 Å². The fraction of sp³-hybridized carbons (Fsp3) is 0.556. The summed E-state index contributed by atoms with van der Waals surface area (Å²) in [5, 5.41) is 2.56. The van der Waals surface area contributed by atoms with Gasteiger partial charge in [-0.25, -0.2) is 4.79 Å². The maximum absolute atomic E-state index is 11.2. The van der Waals surface area contributed by atoms with Crippen molar-refractivity contribution in [1.82, 2.24) is 5.32 Å². The number of hydrogen-bond donors (Lipinski definition) is 2. The average molecular weight is 214 g/mol. The smallest absolute Gasteiger partial charge is 0.408 e. The van der Waals surface area contributed by atoms with Crippen LogP contribution in [0.4, 0.5) is 4.79 Å². The SMILES string of the molecule is C=CCOC(=O)NC1(CC(N)=O)COC1. The Morgan fingerprint density at radius 3 is 2.67 bits per heavy atom. The van der Waals surface area contributed by atoms with Crippen LogP contribution in [0.3, 0.4) is 0 Å². The quantitative estimate of drug-likeness (QED) is 0.606. The highest BCUT2D eigenvalue weighted by Gasteiger charge is 2.41. The summed E-state index contributed by atoms with van der Waals surface area (Å²) in [4.78, 5) is 22.0. The molecule has 1 aliphatic rings. The van der Waals surface area contributed by atoms with E-state index in [2.05, 4.69) is 11.9 Å². The number of nitrogens with two attached hydrogens (primary N) is 1. The zero-order chi connectivity index (χ0) is 11.3. The van der Waals surface area contributed by atoms with Crippen LogP contribution in [-0.2, 0) is 14.3 Å². The maximum atomic E-state index is 11.2. The van der Waals surface area contributed by atoms with Crippen LogP contribution >= 0.6 is 0 Å². The van der Waals surface area contributed by atoms with Crippen LogP contribution in [0.2, 0.25) is 0 Å². The first-order valence-electron chi connectivity index (χ1n) is 4.50. The van der Waals surface area contributed by atoms with Crippen LogP contribution in [-0.4, -0.2) is 37.4 Å². The highest BCUT2D eigenvalue weighted by atomic mass is 16.6. The molecule has 1 aliphatic heterocycles. The van der Waals surface area contributed by atoms with Crippen molar-refractivity contribution in [1.29, 1.82) is 0 Å². The summed E-state index contributed by atoms with van der Waals surface area (Å²) in [6, 6.07) is 0. The third-order valence-corrected chi connectivity index (χ3v) is 1.97. The van der Waals surface area contributed by atoms with E-state index in [1.54, 1.807) is 0 Å². The van der Waals surface area contributed by atoms with Gasteiger partial charge in [-0.2, -0.15) is 0 Å². The molecule has 0 saturated carbocycles. The van der Waals surface area contributed by atoms with Crippen molar-refractivity contribution in [3.05, 3.63) is 12.7 Å². The Hall–Kier alpha value is -1.56. The topological polar surface area (TPSA) is 90.6 Å². The number of hydrogen-bond acceptors (Lipinski definition) is 4. The maximum Gasteiger partial charge on any atom is 0.408 e. The molecule has 0 aromatic rings. The molecule has 3 N–H and O–H groups in total. The number of amides is 2. The molecular weight excluding hydrogens is 200 g/mol. The van der Waals surface area contributed by atoms with E-state index in [0.717, 1.165) is 0 Å². The molecule has 0 aliphatic carbocycles. The highest BCUT2D eigenvalue weighted by Crippen LogP contribution is 2.20. The van der Waals surface area contributed by atoms with Crippen LogP contribution in [0.1, 0.15) is 6.42 Å². The van der Waals surface area contributed by atoms with Gasteiger partial charge in [0.1, 0.15) is 6.61 Å². The minimum absolute atomic E-state index is 0.0518. The summed E-state index contributed by atoms with van der Waals surface area (Å²) >= 11 is 0. The van der Waals surface area contributed by atoms with Crippen molar-refractivity contribution in [2.24, 2.45) is 5.73 Å². The van der Waals surface area contributed by atoms with Crippen molar-refractivity contribution in [3.63, 3.8) is 0 Å². The molecule has 0 spiro atoms. The standard InChI is InChI=1S/C9H14N2O4/c1-2-3-15-8(13)11-9(4-7(10)12)5-14-6-9/h2H,1,3-6H2,(H2,10,12)(H,11,13). The van der Waals surface area contributed by atoms with Crippen molar-refractivity contribution in [3.8, 4) is 0 Å². The molecule has 84 valence electrons. The second kappa shape index (κ2) is 4.79. The molecule has 1 saturated heterocycles. The van der Waals surface area contributed by atoms with E-state index < -0.39 is 17.5 Å². The van der Waals surface area contributed by atoms with Crippen LogP contribution in [0, 0.1) is 0 Å². The van der Waals surface area contributed by atoms with E-state index in [1.807, 2.05) is 0 Å². The summed E-state index contributed by atoms with van der Waals surface area (Å²) in [6.45, 7) is 4.09. The first kappa shape index (κ1) is 11.5. The summed E-state index contributed by atoms with van der Waals surface area (Å²) in [5.74, 6) is -0.484. The number of primary amides is 1. The average Bonchev–Trinajstić information content (AvgIpc) is 2.10. The zero-order valence-electron chi connectivity index (χ0n) is 8.32. The molecule has 0 bridgehead atoms. The number of alkyl carbamates (subject to hydrolysis) is 1. The molecule has 1 rings (SSSR count). The lowest BCUT2D eigenvalue weighted by molar-refractivity contribution is -0.127. The molecule has 6 nitrogen and oxygen atoms in total. The third-order valence-electron chi connectivity index (χ3n) is 1.97. The van der Waals surface area contributed by atoms with Crippen LogP contribution in [0.15, 0.2) is 12.7 Å². The van der Waals surface area contributed by atoms with Gasteiger partial charge < -0.3 is 20.5 Å². The predicted octanol–water partition coefficient (Wildman–Crippen LogP) is -0.457. The second-order valence-electron chi connectivity index (χ2n) is 3.43. The monoisotopic (exact) mass is 214 g/mol. The summed E-state index contributed by atoms with van der Waals surface area (Å²) in [5.41, 5.74) is 4.37. The minimum Gasteiger partial charge on any atom is -0.445 e. The minimum atomic E-state index is -0.690. The van der Waals surface area contributed by atoms with Gasteiger partial charge in [0.15, 0.2) is 0 Å². The molecule has 1 heterocycles. The zero-order valence-corrected chi connectivity index (χ0v) is 8.32. The number of nitrogens with one attached hydrogen (secondary N) is 1. The van der Waals surface area contributed by atoms with Gasteiger partial charge in [-0.1, -0.05) is 12.7 Å². The summed E-state index contributed by atoms with van der Waals surface area (Å²) in [7, 11) is 0. The third kappa shape index (κ3) is 3.25. The van der Waals surface area contributed by atoms with Crippen LogP contribution in [0.25, 0.3) is 0 Å². The van der Waals surface area contributed by atoms with Crippen molar-refractivity contribution in [2.75, 3.05) is 19.8 Å². The van der Waals surface area contributed by atoms with E-state index in [0.29, 0.717) is 0 Å². The highest BCUT2D eigenvalue weighted by molar-refractivity contribution is 5.77. The van der Waals surface area contributed by atoms with E-state index in [4.69, 9.17) is 15.2 Å². The number of carbonyl (C=O) groups is 2.